The van der Waals surface area contributed by atoms with Crippen LogP contribution in [0, 0.1) is 11.3 Å². The molecular weight excluding hydrogens is 530 g/mol. The van der Waals surface area contributed by atoms with Crippen molar-refractivity contribution in [3.8, 4) is 6.07 Å². The monoisotopic (exact) mass is 552 g/mol. The van der Waals surface area contributed by atoms with Crippen LogP contribution >= 0.6 is 60.8 Å². The highest BCUT2D eigenvalue weighted by molar-refractivity contribution is 15.0. The highest BCUT2D eigenvalue weighted by Crippen LogP contribution is 1.99. The van der Waals surface area contributed by atoms with Crippen molar-refractivity contribution in [3.63, 3.8) is 0 Å². The van der Waals surface area contributed by atoms with Crippen LogP contribution in [0.4, 0.5) is 0 Å². The highest BCUT2D eigenvalue weighted by atomic mass is 128. The zero-order chi connectivity index (χ0) is 15.7. The number of carbonyl (C=O) groups excluding carboxylic acids is 1. The third-order valence-corrected chi connectivity index (χ3v) is 2.96. The number of amides is 1. The van der Waals surface area contributed by atoms with E-state index >= 15 is 0 Å². The van der Waals surface area contributed by atoms with Crippen molar-refractivity contribution in [2.45, 2.75) is 25.0 Å². The van der Waals surface area contributed by atoms with Crippen molar-refractivity contribution >= 4 is 66.7 Å². The summed E-state index contributed by atoms with van der Waals surface area (Å²) in [5.74, 6) is 0.989. The molecule has 1 amide bonds. The van der Waals surface area contributed by atoms with Crippen molar-refractivity contribution < 1.29 is 20.5 Å². The fourth-order valence-electron chi connectivity index (χ4n) is 0.666. The molecule has 0 aromatic rings. The topological polar surface area (TPSA) is 139 Å². The number of aliphatic hydroxyl groups excluding tert-OH is 2. The van der Waals surface area contributed by atoms with Crippen molar-refractivity contribution in [2.24, 2.45) is 5.73 Å². The Morgan fingerprint density at radius 3 is 1.95 bits per heavy atom. The molecule has 0 fully saturated rings. The van der Waals surface area contributed by atoms with E-state index < -0.39 is 18.1 Å². The van der Waals surface area contributed by atoms with Gasteiger partial charge in [0.1, 0.15) is 12.2 Å². The number of halogens is 2. The summed E-state index contributed by atoms with van der Waals surface area (Å²) in [5.41, 5.74) is 4.78. The van der Waals surface area contributed by atoms with Crippen LogP contribution in [-0.2, 0) is 4.79 Å². The zero-order valence-corrected chi connectivity index (χ0v) is 17.3. The minimum atomic E-state index is -0.961. The molecule has 0 radical (unpaired) electrons. The van der Waals surface area contributed by atoms with E-state index in [0.717, 1.165) is 11.5 Å². The molecule has 2 atom stereocenters. The van der Waals surface area contributed by atoms with E-state index in [0.29, 0.717) is 12.8 Å². The van der Waals surface area contributed by atoms with Crippen LogP contribution in [-0.4, -0.2) is 57.8 Å². The molecule has 10 heteroatoms. The van der Waals surface area contributed by atoms with Crippen molar-refractivity contribution in [1.29, 1.82) is 5.26 Å². The van der Waals surface area contributed by atoms with E-state index in [1.807, 2.05) is 12.5 Å². The number of carbonyl (C=O) groups is 1. The lowest BCUT2D eigenvalue weighted by Crippen LogP contribution is -2.28. The summed E-state index contributed by atoms with van der Waals surface area (Å²) in [6.07, 6.45) is 3.17. The Labute approximate surface area is 152 Å². The van der Waals surface area contributed by atoms with Crippen molar-refractivity contribution in [3.05, 3.63) is 0 Å². The lowest BCUT2D eigenvalue weighted by molar-refractivity contribution is -0.126. The number of hydrogen-bond donors (Lipinski definition) is 3. The van der Waals surface area contributed by atoms with Crippen LogP contribution in [0.1, 0.15) is 12.8 Å². The third kappa shape index (κ3) is 27.4. The van der Waals surface area contributed by atoms with E-state index in [-0.39, 0.29) is 5.48 Å². The Kier molecular flexibility index (Phi) is 36.3. The first-order valence-corrected chi connectivity index (χ1v) is 14.2. The summed E-state index contributed by atoms with van der Waals surface area (Å²) >= 11 is 7.45. The lowest BCUT2D eigenvalue weighted by Gasteiger charge is -2.02. The van der Waals surface area contributed by atoms with E-state index in [4.69, 9.17) is 21.2 Å². The average molecular weight is 552 g/mol. The first kappa shape index (κ1) is 29.1. The standard InChI is InChI=1S/C5H11NO2S.C5H9NOS.I2.H2O/c1-9-3-2-4(7)5(6)8;1-8-3-2-5(7)4-6;1-2;/h4,7H,2-3H2,1H3,(H2,6,8);5,7H,2-3H2,1H3;;1H2. The molecule has 0 aromatic carbocycles. The maximum Gasteiger partial charge on any atom is 0.246 e. The van der Waals surface area contributed by atoms with Gasteiger partial charge in [-0.05, 0) is 36.9 Å². The number of primary amides is 1. The van der Waals surface area contributed by atoms with Crippen LogP contribution in [0.15, 0.2) is 0 Å². The number of nitrogens with two attached hydrogens (primary N) is 1. The molecule has 6 nitrogen and oxygen atoms in total. The number of aliphatic hydroxyl groups is 2. The molecule has 20 heavy (non-hydrogen) atoms. The van der Waals surface area contributed by atoms with Gasteiger partial charge in [0.25, 0.3) is 0 Å². The first-order chi connectivity index (χ1) is 8.99. The molecule has 0 bridgehead atoms. The molecule has 0 aliphatic carbocycles. The zero-order valence-electron chi connectivity index (χ0n) is 11.4. The minimum absolute atomic E-state index is 0. The Bertz CT molecular complexity index is 246. The number of hydrogen-bond acceptors (Lipinski definition) is 6. The molecule has 0 rings (SSSR count). The van der Waals surface area contributed by atoms with Crippen LogP contribution in [0.25, 0.3) is 0 Å². The first-order valence-electron chi connectivity index (χ1n) is 5.16. The lowest BCUT2D eigenvalue weighted by atomic mass is 10.3. The normalized spacial score (nSPS) is 11.2. The van der Waals surface area contributed by atoms with Gasteiger partial charge in [-0.25, -0.2) is 0 Å². The van der Waals surface area contributed by atoms with Crippen LogP contribution in [0.2, 0.25) is 0 Å². The molecule has 0 heterocycles. The Morgan fingerprint density at radius 1 is 1.25 bits per heavy atom. The van der Waals surface area contributed by atoms with Gasteiger partial charge in [-0.15, -0.1) is 0 Å². The molecule has 0 aliphatic rings. The molecule has 0 aliphatic heterocycles. The number of nitriles is 1. The van der Waals surface area contributed by atoms with Gasteiger partial charge in [-0.3, -0.25) is 4.79 Å². The second-order valence-corrected chi connectivity index (χ2v) is 5.10. The Balaban J connectivity index is -0.000000109. The van der Waals surface area contributed by atoms with Crippen LogP contribution in [0.3, 0.4) is 0 Å². The van der Waals surface area contributed by atoms with E-state index in [1.165, 1.54) is 0 Å². The quantitative estimate of drug-likeness (QED) is 0.320. The highest BCUT2D eigenvalue weighted by Gasteiger charge is 2.08. The largest absolute Gasteiger partial charge is 0.412 e. The summed E-state index contributed by atoms with van der Waals surface area (Å²) < 4.78 is 0. The van der Waals surface area contributed by atoms with Gasteiger partial charge >= 0.3 is 0 Å². The Morgan fingerprint density at radius 2 is 1.65 bits per heavy atom. The number of rotatable bonds is 7. The van der Waals surface area contributed by atoms with Gasteiger partial charge in [0.15, 0.2) is 0 Å². The second kappa shape index (κ2) is 25.0. The van der Waals surface area contributed by atoms with Gasteiger partial charge in [-0.1, -0.05) is 0 Å². The van der Waals surface area contributed by atoms with Crippen molar-refractivity contribution in [1.82, 2.24) is 0 Å². The number of nitrogens with zero attached hydrogens (tertiary/aromatic N) is 1. The molecule has 2 unspecified atom stereocenters. The second-order valence-electron chi connectivity index (χ2n) is 3.13. The summed E-state index contributed by atoms with van der Waals surface area (Å²) in [7, 11) is 0. The number of thioether (sulfide) groups is 2. The van der Waals surface area contributed by atoms with Gasteiger partial charge < -0.3 is 21.4 Å². The maximum atomic E-state index is 10.2. The van der Waals surface area contributed by atoms with Crippen molar-refractivity contribution in [2.75, 3.05) is 24.0 Å². The molecule has 0 saturated heterocycles. The molecule has 0 spiro atoms. The van der Waals surface area contributed by atoms with Crippen LogP contribution in [0.5, 0.6) is 0 Å². The smallest absolute Gasteiger partial charge is 0.246 e. The average Bonchev–Trinajstić information content (AvgIpc) is 2.44. The summed E-state index contributed by atoms with van der Waals surface area (Å²) in [4.78, 5) is 10.2. The molecule has 0 aromatic heterocycles. The van der Waals surface area contributed by atoms with Crippen LogP contribution < -0.4 is 5.73 Å². The fraction of sp³-hybridized carbons (Fsp3) is 0.800. The molecule has 0 saturated carbocycles. The molecular formula is C10H22I2N2O4S2. The van der Waals surface area contributed by atoms with E-state index in [2.05, 4.69) is 37.2 Å². The van der Waals surface area contributed by atoms with Gasteiger partial charge in [0.05, 0.1) is 6.07 Å². The van der Waals surface area contributed by atoms with Gasteiger partial charge in [-0.2, -0.15) is 28.8 Å². The third-order valence-electron chi connectivity index (χ3n) is 1.67. The Hall–Kier alpha value is 1.00. The van der Waals surface area contributed by atoms with Gasteiger partial charge in [0.2, 0.25) is 5.91 Å². The minimum Gasteiger partial charge on any atom is -0.412 e. The summed E-state index contributed by atoms with van der Waals surface area (Å²) in [5, 5.41) is 25.4. The summed E-state index contributed by atoms with van der Waals surface area (Å²) in [6.45, 7) is 0. The van der Waals surface area contributed by atoms with Gasteiger partial charge in [0, 0.05) is 37.2 Å². The molecule has 122 valence electrons. The SMILES string of the molecule is CSCCC(O)C#N.CSCCC(O)C(N)=O.II.O. The molecule has 6 N–H and O–H groups in total. The predicted octanol–water partition coefficient (Wildman–Crippen LogP) is 1.16. The predicted molar refractivity (Wildman–Crippen MR) is 104 cm³/mol. The maximum absolute atomic E-state index is 10.2. The van der Waals surface area contributed by atoms with E-state index in [1.54, 1.807) is 29.6 Å². The summed E-state index contributed by atoms with van der Waals surface area (Å²) in [6, 6.07) is 1.74. The van der Waals surface area contributed by atoms with E-state index in [9.17, 15) is 4.79 Å². The fourth-order valence-corrected chi connectivity index (χ4v) is 1.58.